The maximum Gasteiger partial charge on any atom is 0.222 e. The van der Waals surface area contributed by atoms with Gasteiger partial charge in [0.2, 0.25) is 5.91 Å². The van der Waals surface area contributed by atoms with Crippen LogP contribution >= 0.6 is 11.3 Å². The third-order valence-corrected chi connectivity index (χ3v) is 3.51. The van der Waals surface area contributed by atoms with Gasteiger partial charge in [0.15, 0.2) is 0 Å². The van der Waals surface area contributed by atoms with Crippen molar-refractivity contribution in [3.63, 3.8) is 0 Å². The molecule has 0 fully saturated rings. The molecule has 2 rings (SSSR count). The molecular weight excluding hydrogens is 272 g/mol. The van der Waals surface area contributed by atoms with Crippen LogP contribution in [0.2, 0.25) is 0 Å². The predicted molar refractivity (Wildman–Crippen MR) is 78.9 cm³/mol. The Morgan fingerprint density at radius 1 is 1.55 bits per heavy atom. The Balaban J connectivity index is 1.74. The zero-order valence-electron chi connectivity index (χ0n) is 11.0. The van der Waals surface area contributed by atoms with Gasteiger partial charge in [-0.25, -0.2) is 0 Å². The number of carbonyl (C=O) groups is 1. The number of hydrogen-bond acceptors (Lipinski definition) is 4. The topological polar surface area (TPSA) is 72.9 Å². The van der Waals surface area contributed by atoms with Crippen molar-refractivity contribution in [3.8, 4) is 11.8 Å². The van der Waals surface area contributed by atoms with E-state index in [0.717, 1.165) is 10.4 Å². The number of carbonyl (C=O) groups excluding carboxylic acids is 1. The third kappa shape index (κ3) is 4.53. The van der Waals surface area contributed by atoms with Crippen molar-refractivity contribution >= 4 is 17.2 Å². The zero-order chi connectivity index (χ0) is 14.2. The molecular formula is C14H16N4OS. The molecule has 3 N–H and O–H groups in total. The van der Waals surface area contributed by atoms with Crippen LogP contribution in [0.25, 0.3) is 0 Å². The highest BCUT2D eigenvalue weighted by Gasteiger charge is 2.03. The average Bonchev–Trinajstić information content (AvgIpc) is 3.12. The molecule has 0 aliphatic rings. The molecule has 0 aliphatic heterocycles. The van der Waals surface area contributed by atoms with Crippen LogP contribution in [0, 0.1) is 11.8 Å². The van der Waals surface area contributed by atoms with E-state index >= 15 is 0 Å². The van der Waals surface area contributed by atoms with Gasteiger partial charge in [0.25, 0.3) is 0 Å². The van der Waals surface area contributed by atoms with Crippen molar-refractivity contribution in [2.45, 2.75) is 19.5 Å². The number of rotatable bonds is 5. The van der Waals surface area contributed by atoms with Gasteiger partial charge in [0.1, 0.15) is 0 Å². The summed E-state index contributed by atoms with van der Waals surface area (Å²) < 4.78 is 1.74. The first-order valence-electron chi connectivity index (χ1n) is 6.28. The molecule has 0 radical (unpaired) electrons. The Morgan fingerprint density at radius 3 is 3.20 bits per heavy atom. The molecule has 5 nitrogen and oxygen atoms in total. The summed E-state index contributed by atoms with van der Waals surface area (Å²) in [6.07, 6.45) is 3.97. The molecule has 104 valence electrons. The molecule has 2 heterocycles. The summed E-state index contributed by atoms with van der Waals surface area (Å²) in [4.78, 5) is 12.8. The van der Waals surface area contributed by atoms with E-state index in [4.69, 9.17) is 5.73 Å². The van der Waals surface area contributed by atoms with Crippen molar-refractivity contribution < 1.29 is 4.79 Å². The summed E-state index contributed by atoms with van der Waals surface area (Å²) >= 11 is 1.58. The highest BCUT2D eigenvalue weighted by molar-refractivity contribution is 7.10. The number of aryl methyl sites for hydroxylation is 1. The van der Waals surface area contributed by atoms with Gasteiger partial charge in [-0.05, 0) is 12.1 Å². The largest absolute Gasteiger partial charge is 0.351 e. The minimum Gasteiger partial charge on any atom is -0.351 e. The molecule has 0 saturated carbocycles. The predicted octanol–water partition coefficient (Wildman–Crippen LogP) is 0.961. The summed E-state index contributed by atoms with van der Waals surface area (Å²) in [5.74, 6) is 5.79. The van der Waals surface area contributed by atoms with Gasteiger partial charge < -0.3 is 11.1 Å². The van der Waals surface area contributed by atoms with Crippen LogP contribution in [-0.4, -0.2) is 22.2 Å². The minimum atomic E-state index is 0.0171. The zero-order valence-corrected chi connectivity index (χ0v) is 11.8. The van der Waals surface area contributed by atoms with Gasteiger partial charge in [-0.3, -0.25) is 9.48 Å². The van der Waals surface area contributed by atoms with Crippen LogP contribution in [-0.2, 0) is 17.9 Å². The SMILES string of the molecule is NCC#Cc1csc(CNC(=O)CCn2cccn2)c1. The van der Waals surface area contributed by atoms with Crippen LogP contribution in [0.15, 0.2) is 29.9 Å². The summed E-state index contributed by atoms with van der Waals surface area (Å²) in [6, 6.07) is 3.81. The molecule has 0 aliphatic carbocycles. The molecule has 0 saturated heterocycles. The monoisotopic (exact) mass is 288 g/mol. The lowest BCUT2D eigenvalue weighted by atomic mass is 10.3. The number of nitrogens with one attached hydrogen (secondary N) is 1. The van der Waals surface area contributed by atoms with Crippen molar-refractivity contribution in [1.82, 2.24) is 15.1 Å². The molecule has 0 aromatic carbocycles. The summed E-state index contributed by atoms with van der Waals surface area (Å²) in [5.41, 5.74) is 6.27. The maximum atomic E-state index is 11.7. The Hall–Kier alpha value is -2.10. The van der Waals surface area contributed by atoms with E-state index in [1.54, 1.807) is 22.2 Å². The van der Waals surface area contributed by atoms with E-state index in [9.17, 15) is 4.79 Å². The van der Waals surface area contributed by atoms with E-state index in [1.165, 1.54) is 0 Å². The van der Waals surface area contributed by atoms with E-state index < -0.39 is 0 Å². The molecule has 2 aromatic rings. The first-order valence-corrected chi connectivity index (χ1v) is 7.16. The van der Waals surface area contributed by atoms with Crippen molar-refractivity contribution in [1.29, 1.82) is 0 Å². The Labute approximate surface area is 121 Å². The highest BCUT2D eigenvalue weighted by Crippen LogP contribution is 2.13. The lowest BCUT2D eigenvalue weighted by Crippen LogP contribution is -2.23. The lowest BCUT2D eigenvalue weighted by molar-refractivity contribution is -0.121. The average molecular weight is 288 g/mol. The summed E-state index contributed by atoms with van der Waals surface area (Å²) in [5, 5.41) is 8.91. The quantitative estimate of drug-likeness (QED) is 0.805. The van der Waals surface area contributed by atoms with Crippen LogP contribution in [0.3, 0.4) is 0 Å². The minimum absolute atomic E-state index is 0.0171. The molecule has 0 bridgehead atoms. The van der Waals surface area contributed by atoms with E-state index in [-0.39, 0.29) is 5.91 Å². The normalized spacial score (nSPS) is 9.85. The lowest BCUT2D eigenvalue weighted by Gasteiger charge is -2.03. The first-order chi connectivity index (χ1) is 9.78. The number of thiophene rings is 1. The Bertz CT molecular complexity index is 607. The Morgan fingerprint density at radius 2 is 2.45 bits per heavy atom. The first kappa shape index (κ1) is 14.3. The van der Waals surface area contributed by atoms with Crippen molar-refractivity contribution in [3.05, 3.63) is 40.3 Å². The fourth-order valence-electron chi connectivity index (χ4n) is 1.61. The molecule has 2 aromatic heterocycles. The molecule has 6 heteroatoms. The summed E-state index contributed by atoms with van der Waals surface area (Å²) in [6.45, 7) is 1.48. The molecule has 20 heavy (non-hydrogen) atoms. The van der Waals surface area contributed by atoms with Crippen LogP contribution in [0.1, 0.15) is 16.9 Å². The molecule has 1 amide bonds. The molecule has 0 atom stereocenters. The van der Waals surface area contributed by atoms with Gasteiger partial charge in [-0.1, -0.05) is 11.8 Å². The van der Waals surface area contributed by atoms with Crippen LogP contribution < -0.4 is 11.1 Å². The van der Waals surface area contributed by atoms with Gasteiger partial charge in [0, 0.05) is 41.2 Å². The van der Waals surface area contributed by atoms with Gasteiger partial charge in [-0.15, -0.1) is 11.3 Å². The van der Waals surface area contributed by atoms with Gasteiger partial charge >= 0.3 is 0 Å². The maximum absolute atomic E-state index is 11.7. The number of nitrogens with zero attached hydrogens (tertiary/aromatic N) is 2. The molecule has 0 unspecified atom stereocenters. The Kier molecular flexibility index (Phi) is 5.35. The van der Waals surface area contributed by atoms with E-state index in [1.807, 2.05) is 23.7 Å². The number of hydrogen-bond donors (Lipinski definition) is 2. The number of aromatic nitrogens is 2. The summed E-state index contributed by atoms with van der Waals surface area (Å²) in [7, 11) is 0. The fourth-order valence-corrected chi connectivity index (χ4v) is 2.37. The number of nitrogens with two attached hydrogens (primary N) is 1. The van der Waals surface area contributed by atoms with Gasteiger partial charge in [0.05, 0.1) is 13.1 Å². The number of amides is 1. The van der Waals surface area contributed by atoms with Crippen molar-refractivity contribution in [2.24, 2.45) is 5.73 Å². The van der Waals surface area contributed by atoms with E-state index in [2.05, 4.69) is 22.3 Å². The van der Waals surface area contributed by atoms with Crippen molar-refractivity contribution in [2.75, 3.05) is 6.54 Å². The molecule has 0 spiro atoms. The van der Waals surface area contributed by atoms with Gasteiger partial charge in [-0.2, -0.15) is 5.10 Å². The second kappa shape index (κ2) is 7.48. The van der Waals surface area contributed by atoms with Crippen LogP contribution in [0.4, 0.5) is 0 Å². The second-order valence-corrected chi connectivity index (χ2v) is 5.10. The standard InChI is InChI=1S/C14H16N4OS/c15-5-1-3-12-9-13(20-11-12)10-16-14(19)4-8-18-7-2-6-17-18/h2,6-7,9,11H,4-5,8,10,15H2,(H,16,19). The van der Waals surface area contributed by atoms with Crippen LogP contribution in [0.5, 0.6) is 0 Å². The third-order valence-electron chi connectivity index (χ3n) is 2.58. The van der Waals surface area contributed by atoms with E-state index in [0.29, 0.717) is 26.1 Å². The fraction of sp³-hybridized carbons (Fsp3) is 0.286. The second-order valence-electron chi connectivity index (χ2n) is 4.10. The highest BCUT2D eigenvalue weighted by atomic mass is 32.1. The smallest absolute Gasteiger partial charge is 0.222 e.